The fraction of sp³-hybridized carbons (Fsp3) is 0.0833. The summed E-state index contributed by atoms with van der Waals surface area (Å²) in [5.74, 6) is -1.36. The molecule has 1 aromatic heterocycles. The molecule has 8 nitrogen and oxygen atoms in total. The normalized spacial score (nSPS) is 10.7. The number of carbonyl (C=O) groups excluding carboxylic acids is 1. The molecule has 1 heterocycles. The molecular weight excluding hydrogens is 264 g/mol. The maximum atomic E-state index is 11.5. The molecule has 0 aliphatic carbocycles. The van der Waals surface area contributed by atoms with E-state index in [1.807, 2.05) is 0 Å². The molecule has 0 atom stereocenters. The zero-order valence-corrected chi connectivity index (χ0v) is 10.4. The number of carbonyl (C=O) groups is 2. The van der Waals surface area contributed by atoms with Gasteiger partial charge in [0.15, 0.2) is 5.82 Å². The number of rotatable bonds is 4. The molecule has 1 N–H and O–H groups in total. The van der Waals surface area contributed by atoms with Crippen molar-refractivity contribution in [3.8, 4) is 5.69 Å². The van der Waals surface area contributed by atoms with Crippen molar-refractivity contribution in [2.24, 2.45) is 0 Å². The number of hydrogen-bond acceptors (Lipinski definition) is 6. The van der Waals surface area contributed by atoms with E-state index < -0.39 is 11.9 Å². The third-order valence-electron chi connectivity index (χ3n) is 2.38. The maximum Gasteiger partial charge on any atom is 0.337 e. The molecule has 0 unspecified atom stereocenters. The summed E-state index contributed by atoms with van der Waals surface area (Å²) in [6.45, 7) is 0. The second kappa shape index (κ2) is 5.74. The smallest absolute Gasteiger partial charge is 0.337 e. The van der Waals surface area contributed by atoms with E-state index in [1.54, 1.807) is 24.3 Å². The highest BCUT2D eigenvalue weighted by atomic mass is 16.5. The molecule has 0 aliphatic rings. The Morgan fingerprint density at radius 2 is 2.20 bits per heavy atom. The molecule has 20 heavy (non-hydrogen) atoms. The van der Waals surface area contributed by atoms with E-state index in [4.69, 9.17) is 5.11 Å². The number of benzene rings is 1. The van der Waals surface area contributed by atoms with Crippen LogP contribution in [0.2, 0.25) is 0 Å². The van der Waals surface area contributed by atoms with Gasteiger partial charge in [-0.2, -0.15) is 4.68 Å². The van der Waals surface area contributed by atoms with E-state index >= 15 is 0 Å². The molecule has 1 aromatic carbocycles. The number of aliphatic carboxylic acids is 1. The van der Waals surface area contributed by atoms with Crippen molar-refractivity contribution in [1.82, 2.24) is 20.2 Å². The molecule has 102 valence electrons. The van der Waals surface area contributed by atoms with Crippen molar-refractivity contribution in [1.29, 1.82) is 0 Å². The first-order chi connectivity index (χ1) is 9.61. The summed E-state index contributed by atoms with van der Waals surface area (Å²) in [6, 6.07) is 6.46. The molecule has 0 bridgehead atoms. The molecule has 8 heteroatoms. The topological polar surface area (TPSA) is 107 Å². The highest BCUT2D eigenvalue weighted by Crippen LogP contribution is 2.12. The van der Waals surface area contributed by atoms with Crippen LogP contribution in [-0.2, 0) is 9.53 Å². The summed E-state index contributed by atoms with van der Waals surface area (Å²) < 4.78 is 5.94. The predicted molar refractivity (Wildman–Crippen MR) is 67.2 cm³/mol. The van der Waals surface area contributed by atoms with Gasteiger partial charge in [0.2, 0.25) is 0 Å². The first-order valence-corrected chi connectivity index (χ1v) is 5.50. The molecule has 0 fully saturated rings. The molecule has 0 spiro atoms. The number of esters is 1. The Bertz CT molecular complexity index is 678. The molecule has 2 aromatic rings. The van der Waals surface area contributed by atoms with Crippen molar-refractivity contribution in [2.75, 3.05) is 7.11 Å². The van der Waals surface area contributed by atoms with Crippen LogP contribution in [0, 0.1) is 0 Å². The van der Waals surface area contributed by atoms with Crippen molar-refractivity contribution in [3.63, 3.8) is 0 Å². The molecule has 0 radical (unpaired) electrons. The third-order valence-corrected chi connectivity index (χ3v) is 2.38. The fourth-order valence-corrected chi connectivity index (χ4v) is 1.51. The lowest BCUT2D eigenvalue weighted by Crippen LogP contribution is -2.05. The number of carboxylic acids is 1. The highest BCUT2D eigenvalue weighted by molar-refractivity contribution is 5.90. The number of methoxy groups -OCH3 is 1. The van der Waals surface area contributed by atoms with Crippen molar-refractivity contribution < 1.29 is 19.4 Å². The van der Waals surface area contributed by atoms with Gasteiger partial charge >= 0.3 is 11.9 Å². The summed E-state index contributed by atoms with van der Waals surface area (Å²) in [4.78, 5) is 22.0. The van der Waals surface area contributed by atoms with E-state index in [0.29, 0.717) is 11.3 Å². The summed E-state index contributed by atoms with van der Waals surface area (Å²) in [5, 5.41) is 19.5. The second-order valence-electron chi connectivity index (χ2n) is 3.66. The minimum absolute atomic E-state index is 0.231. The quantitative estimate of drug-likeness (QED) is 0.640. The van der Waals surface area contributed by atoms with Gasteiger partial charge in [0, 0.05) is 6.08 Å². The van der Waals surface area contributed by atoms with Crippen LogP contribution in [0.4, 0.5) is 0 Å². The minimum Gasteiger partial charge on any atom is -0.478 e. The SMILES string of the molecule is COC(=O)c1cccc(-n2nnnc2/C=C/C(=O)O)c1. The largest absolute Gasteiger partial charge is 0.478 e. The number of tetrazole rings is 1. The highest BCUT2D eigenvalue weighted by Gasteiger charge is 2.10. The Hall–Kier alpha value is -3.03. The number of aromatic nitrogens is 4. The van der Waals surface area contributed by atoms with Gasteiger partial charge in [-0.3, -0.25) is 0 Å². The van der Waals surface area contributed by atoms with Crippen molar-refractivity contribution >= 4 is 18.0 Å². The minimum atomic E-state index is -1.11. The lowest BCUT2D eigenvalue weighted by Gasteiger charge is -2.04. The van der Waals surface area contributed by atoms with Crippen molar-refractivity contribution in [3.05, 3.63) is 41.7 Å². The van der Waals surface area contributed by atoms with E-state index in [-0.39, 0.29) is 5.82 Å². The predicted octanol–water partition coefficient (Wildman–Crippen LogP) is 0.547. The van der Waals surface area contributed by atoms with E-state index in [1.165, 1.54) is 17.9 Å². The zero-order chi connectivity index (χ0) is 14.5. The Morgan fingerprint density at radius 1 is 1.40 bits per heavy atom. The third kappa shape index (κ3) is 2.86. The Morgan fingerprint density at radius 3 is 2.90 bits per heavy atom. The van der Waals surface area contributed by atoms with E-state index in [0.717, 1.165) is 6.08 Å². The van der Waals surface area contributed by atoms with Gasteiger partial charge in [-0.15, -0.1) is 5.10 Å². The maximum absolute atomic E-state index is 11.5. The van der Waals surface area contributed by atoms with Gasteiger partial charge in [-0.05, 0) is 34.7 Å². The van der Waals surface area contributed by atoms with Gasteiger partial charge in [0.1, 0.15) is 0 Å². The monoisotopic (exact) mass is 274 g/mol. The van der Waals surface area contributed by atoms with Crippen LogP contribution in [0.1, 0.15) is 16.2 Å². The summed E-state index contributed by atoms with van der Waals surface area (Å²) >= 11 is 0. The summed E-state index contributed by atoms with van der Waals surface area (Å²) in [7, 11) is 1.28. The Labute approximate surface area is 113 Å². The average molecular weight is 274 g/mol. The second-order valence-corrected chi connectivity index (χ2v) is 3.66. The van der Waals surface area contributed by atoms with Crippen LogP contribution in [-0.4, -0.2) is 44.4 Å². The fourth-order valence-electron chi connectivity index (χ4n) is 1.51. The van der Waals surface area contributed by atoms with Gasteiger partial charge in [0.25, 0.3) is 0 Å². The first kappa shape index (κ1) is 13.4. The van der Waals surface area contributed by atoms with Gasteiger partial charge in [0.05, 0.1) is 18.4 Å². The lowest BCUT2D eigenvalue weighted by atomic mass is 10.2. The average Bonchev–Trinajstić information content (AvgIpc) is 2.92. The summed E-state index contributed by atoms with van der Waals surface area (Å²) in [6.07, 6.45) is 2.18. The van der Waals surface area contributed by atoms with Crippen LogP contribution in [0.3, 0.4) is 0 Å². The molecule has 0 amide bonds. The van der Waals surface area contributed by atoms with Crippen LogP contribution in [0.5, 0.6) is 0 Å². The van der Waals surface area contributed by atoms with Crippen LogP contribution in [0.25, 0.3) is 11.8 Å². The molecule has 2 rings (SSSR count). The Balaban J connectivity index is 2.40. The van der Waals surface area contributed by atoms with Gasteiger partial charge < -0.3 is 9.84 Å². The zero-order valence-electron chi connectivity index (χ0n) is 10.4. The van der Waals surface area contributed by atoms with Gasteiger partial charge in [-0.1, -0.05) is 6.07 Å². The van der Waals surface area contributed by atoms with Crippen molar-refractivity contribution in [2.45, 2.75) is 0 Å². The molecule has 0 aliphatic heterocycles. The molecular formula is C12H10N4O4. The van der Waals surface area contributed by atoms with Gasteiger partial charge in [-0.25, -0.2) is 9.59 Å². The first-order valence-electron chi connectivity index (χ1n) is 5.50. The standard InChI is InChI=1S/C12H10N4O4/c1-20-12(19)8-3-2-4-9(7-8)16-10(13-14-15-16)5-6-11(17)18/h2-7H,1H3,(H,17,18)/b6-5+. The number of nitrogens with zero attached hydrogens (tertiary/aromatic N) is 4. The van der Waals surface area contributed by atoms with Crippen LogP contribution < -0.4 is 0 Å². The summed E-state index contributed by atoms with van der Waals surface area (Å²) in [5.41, 5.74) is 0.858. The number of carboxylic acid groups (broad SMARTS) is 1. The number of ether oxygens (including phenoxy) is 1. The number of hydrogen-bond donors (Lipinski definition) is 1. The Kier molecular flexibility index (Phi) is 3.85. The van der Waals surface area contributed by atoms with Crippen LogP contribution >= 0.6 is 0 Å². The van der Waals surface area contributed by atoms with E-state index in [2.05, 4.69) is 20.3 Å². The molecule has 0 saturated heterocycles. The molecule has 0 saturated carbocycles. The van der Waals surface area contributed by atoms with E-state index in [9.17, 15) is 9.59 Å². The van der Waals surface area contributed by atoms with Crippen LogP contribution in [0.15, 0.2) is 30.3 Å². The lowest BCUT2D eigenvalue weighted by molar-refractivity contribution is -0.131.